The highest BCUT2D eigenvalue weighted by molar-refractivity contribution is 8.26. The van der Waals surface area contributed by atoms with Crippen LogP contribution in [0.1, 0.15) is 10.4 Å². The molecule has 0 amide bonds. The lowest BCUT2D eigenvalue weighted by molar-refractivity contribution is 0.108. The van der Waals surface area contributed by atoms with Crippen molar-refractivity contribution in [3.8, 4) is 0 Å². The van der Waals surface area contributed by atoms with Crippen molar-refractivity contribution in [2.75, 3.05) is 0 Å². The van der Waals surface area contributed by atoms with Crippen molar-refractivity contribution in [2.24, 2.45) is 5.73 Å². The summed E-state index contributed by atoms with van der Waals surface area (Å²) in [7, 11) is 0. The molecular formula is C7H4Cl2FN3OS. The Labute approximate surface area is 98.5 Å². The first-order valence-electron chi connectivity index (χ1n) is 3.49. The number of pyridine rings is 1. The topological polar surface area (TPSA) is 79.8 Å². The second kappa shape index (κ2) is 4.78. The molecule has 0 aliphatic heterocycles. The van der Waals surface area contributed by atoms with Crippen LogP contribution < -0.4 is 5.73 Å². The lowest BCUT2D eigenvalue weighted by Crippen LogP contribution is -2.09. The molecule has 0 saturated heterocycles. The molecule has 0 radical (unpaired) electrons. The third-order valence-corrected chi connectivity index (χ3v) is 2.60. The minimum absolute atomic E-state index is 0.168. The normalized spacial score (nSPS) is 10.1. The number of nitrogens with zero attached hydrogens (tertiary/aromatic N) is 1. The van der Waals surface area contributed by atoms with Crippen molar-refractivity contribution in [2.45, 2.75) is 0 Å². The molecule has 0 atom stereocenters. The van der Waals surface area contributed by atoms with Crippen LogP contribution in [0.4, 0.5) is 4.39 Å². The summed E-state index contributed by atoms with van der Waals surface area (Å²) in [4.78, 5) is 14.8. The number of halogens is 3. The van der Waals surface area contributed by atoms with E-state index in [2.05, 4.69) is 4.98 Å². The Morgan fingerprint density at radius 1 is 1.60 bits per heavy atom. The van der Waals surface area contributed by atoms with Crippen molar-refractivity contribution in [1.82, 2.24) is 4.98 Å². The second-order valence-electron chi connectivity index (χ2n) is 2.34. The summed E-state index contributed by atoms with van der Waals surface area (Å²) in [6, 6.07) is 0. The van der Waals surface area contributed by atoms with E-state index in [4.69, 9.17) is 34.3 Å². The average molecular weight is 268 g/mol. The third kappa shape index (κ3) is 2.80. The molecule has 15 heavy (non-hydrogen) atoms. The lowest BCUT2D eigenvalue weighted by atomic mass is 10.3. The maximum Gasteiger partial charge on any atom is 0.230 e. The number of hydrogen-bond donors (Lipinski definition) is 2. The van der Waals surface area contributed by atoms with Crippen LogP contribution in [-0.2, 0) is 0 Å². The third-order valence-electron chi connectivity index (χ3n) is 1.34. The van der Waals surface area contributed by atoms with Gasteiger partial charge in [0, 0.05) is 6.20 Å². The van der Waals surface area contributed by atoms with E-state index in [-0.39, 0.29) is 5.56 Å². The van der Waals surface area contributed by atoms with E-state index in [0.29, 0.717) is 11.8 Å². The predicted octanol–water partition coefficient (Wildman–Crippen LogP) is 2.29. The number of carbonyl (C=O) groups is 1. The molecule has 1 aromatic rings. The van der Waals surface area contributed by atoms with Crippen LogP contribution >= 0.6 is 35.0 Å². The van der Waals surface area contributed by atoms with Crippen LogP contribution in [0.15, 0.2) is 6.20 Å². The van der Waals surface area contributed by atoms with Gasteiger partial charge in [0.05, 0.1) is 10.6 Å². The number of nitrogens with two attached hydrogens (primary N) is 1. The van der Waals surface area contributed by atoms with Crippen molar-refractivity contribution in [3.05, 3.63) is 27.8 Å². The van der Waals surface area contributed by atoms with Crippen LogP contribution in [0.2, 0.25) is 10.2 Å². The molecule has 8 heteroatoms. The van der Waals surface area contributed by atoms with Crippen molar-refractivity contribution in [3.63, 3.8) is 0 Å². The number of nitrogens with one attached hydrogen (secondary N) is 1. The highest BCUT2D eigenvalue weighted by Crippen LogP contribution is 2.26. The number of hydrogen-bond acceptors (Lipinski definition) is 4. The molecule has 1 rings (SSSR count). The number of rotatable bonds is 1. The second-order valence-corrected chi connectivity index (χ2v) is 4.10. The molecule has 0 aromatic carbocycles. The Bertz CT molecular complexity index is 440. The average Bonchev–Trinajstić information content (AvgIpc) is 2.13. The summed E-state index contributed by atoms with van der Waals surface area (Å²) in [5.41, 5.74) is 4.82. The van der Waals surface area contributed by atoms with Gasteiger partial charge in [-0.3, -0.25) is 10.2 Å². The first-order valence-corrected chi connectivity index (χ1v) is 5.06. The van der Waals surface area contributed by atoms with Crippen LogP contribution in [-0.4, -0.2) is 15.3 Å². The van der Waals surface area contributed by atoms with Gasteiger partial charge in [0.25, 0.3) is 0 Å². The Morgan fingerprint density at radius 2 is 2.20 bits per heavy atom. The first-order chi connectivity index (χ1) is 6.93. The molecule has 0 bridgehead atoms. The van der Waals surface area contributed by atoms with Gasteiger partial charge in [-0.2, -0.15) is 0 Å². The summed E-state index contributed by atoms with van der Waals surface area (Å²) in [5.74, 6) is -0.965. The maximum atomic E-state index is 13.1. The summed E-state index contributed by atoms with van der Waals surface area (Å²) in [5, 5.41) is 4.97. The molecule has 80 valence electrons. The Balaban J connectivity index is 3.11. The van der Waals surface area contributed by atoms with Gasteiger partial charge >= 0.3 is 0 Å². The van der Waals surface area contributed by atoms with Gasteiger partial charge in [0.1, 0.15) is 0 Å². The molecule has 1 heterocycles. The zero-order chi connectivity index (χ0) is 11.6. The van der Waals surface area contributed by atoms with E-state index >= 15 is 0 Å². The largest absolute Gasteiger partial charge is 0.378 e. The van der Waals surface area contributed by atoms with Gasteiger partial charge in [0.2, 0.25) is 5.12 Å². The number of carbonyl (C=O) groups excluding carboxylic acids is 1. The SMILES string of the molecule is N=C(N)SC(=O)c1cnc(Cl)c(F)c1Cl. The van der Waals surface area contributed by atoms with Crippen LogP contribution in [0.5, 0.6) is 0 Å². The molecule has 0 spiro atoms. The van der Waals surface area contributed by atoms with Gasteiger partial charge in [0.15, 0.2) is 16.1 Å². The van der Waals surface area contributed by atoms with E-state index in [1.807, 2.05) is 0 Å². The highest BCUT2D eigenvalue weighted by Gasteiger charge is 2.18. The van der Waals surface area contributed by atoms with E-state index in [1.165, 1.54) is 0 Å². The van der Waals surface area contributed by atoms with Gasteiger partial charge < -0.3 is 5.73 Å². The molecule has 3 N–H and O–H groups in total. The van der Waals surface area contributed by atoms with Crippen molar-refractivity contribution in [1.29, 1.82) is 5.41 Å². The van der Waals surface area contributed by atoms with Gasteiger partial charge in [-0.1, -0.05) is 23.2 Å². The van der Waals surface area contributed by atoms with Gasteiger partial charge in [-0.05, 0) is 11.8 Å². The lowest BCUT2D eigenvalue weighted by Gasteiger charge is -2.03. The van der Waals surface area contributed by atoms with Crippen molar-refractivity contribution < 1.29 is 9.18 Å². The maximum absolute atomic E-state index is 13.1. The quantitative estimate of drug-likeness (QED) is 0.465. The van der Waals surface area contributed by atoms with Crippen LogP contribution in [0, 0.1) is 11.2 Å². The van der Waals surface area contributed by atoms with E-state index in [0.717, 1.165) is 6.20 Å². The molecular weight excluding hydrogens is 264 g/mol. The van der Waals surface area contributed by atoms with Crippen LogP contribution in [0.3, 0.4) is 0 Å². The van der Waals surface area contributed by atoms with Crippen molar-refractivity contribution >= 4 is 45.2 Å². The molecule has 0 aliphatic rings. The van der Waals surface area contributed by atoms with Gasteiger partial charge in [-0.15, -0.1) is 0 Å². The summed E-state index contributed by atoms with van der Waals surface area (Å²) in [6.07, 6.45) is 1.03. The number of aromatic nitrogens is 1. The molecule has 0 unspecified atom stereocenters. The Morgan fingerprint density at radius 3 is 2.73 bits per heavy atom. The summed E-state index contributed by atoms with van der Waals surface area (Å²) in [6.45, 7) is 0. The van der Waals surface area contributed by atoms with Crippen LogP contribution in [0.25, 0.3) is 0 Å². The number of amidine groups is 1. The summed E-state index contributed by atoms with van der Waals surface area (Å²) >= 11 is 11.3. The molecule has 0 fully saturated rings. The zero-order valence-electron chi connectivity index (χ0n) is 7.05. The number of thioether (sulfide) groups is 1. The Kier molecular flexibility index (Phi) is 3.90. The molecule has 1 aromatic heterocycles. The fourth-order valence-corrected chi connectivity index (χ4v) is 1.68. The van der Waals surface area contributed by atoms with E-state index < -0.39 is 26.3 Å². The monoisotopic (exact) mass is 267 g/mol. The standard InChI is InChI=1S/C7H4Cl2FN3OS/c8-3-2(6(14)15-7(11)12)1-13-5(9)4(3)10/h1H,(H3,11,12). The molecule has 4 nitrogen and oxygen atoms in total. The molecule has 0 saturated carbocycles. The first kappa shape index (κ1) is 12.2. The van der Waals surface area contributed by atoms with E-state index in [9.17, 15) is 9.18 Å². The van der Waals surface area contributed by atoms with E-state index in [1.54, 1.807) is 0 Å². The predicted molar refractivity (Wildman–Crippen MR) is 58.1 cm³/mol. The zero-order valence-corrected chi connectivity index (χ0v) is 9.38. The molecule has 0 aliphatic carbocycles. The fourth-order valence-electron chi connectivity index (χ4n) is 0.741. The smallest absolute Gasteiger partial charge is 0.230 e. The minimum atomic E-state index is -0.965. The van der Waals surface area contributed by atoms with Gasteiger partial charge in [-0.25, -0.2) is 9.37 Å². The highest BCUT2D eigenvalue weighted by atomic mass is 35.5. The minimum Gasteiger partial charge on any atom is -0.378 e. The fraction of sp³-hybridized carbons (Fsp3) is 0. The summed E-state index contributed by atoms with van der Waals surface area (Å²) < 4.78 is 13.1. The Hall–Kier alpha value is -0.850.